The van der Waals surface area contributed by atoms with Crippen molar-refractivity contribution in [2.45, 2.75) is 13.0 Å². The molecule has 0 saturated heterocycles. The number of furan rings is 1. The van der Waals surface area contributed by atoms with Gasteiger partial charge in [0.1, 0.15) is 23.2 Å². The van der Waals surface area contributed by atoms with Gasteiger partial charge >= 0.3 is 0 Å². The Morgan fingerprint density at radius 1 is 1.24 bits per heavy atom. The Bertz CT molecular complexity index is 1040. The molecule has 2 aromatic carbocycles. The van der Waals surface area contributed by atoms with Gasteiger partial charge in [-0.3, -0.25) is 4.79 Å². The number of aryl methyl sites for hydroxylation is 1. The van der Waals surface area contributed by atoms with Crippen LogP contribution >= 0.6 is 0 Å². The number of benzene rings is 2. The fraction of sp³-hybridized carbons (Fsp3) is 0.176. The minimum Gasteiger partial charge on any atom is -0.495 e. The standard InChI is InChI=1S/C17H15N5O3/c1-24-16-8-12-11-4-2-3-5-14(11)25-15(12)9-13(16)19-17(23)6-7-22-10-18-20-21-22/h2-5,8-10H,6-7H2,1H3,(H,19,23). The molecule has 1 N–H and O–H groups in total. The molecular weight excluding hydrogens is 322 g/mol. The second-order valence-electron chi connectivity index (χ2n) is 5.52. The topological polar surface area (TPSA) is 95.1 Å². The molecule has 126 valence electrons. The second-order valence-corrected chi connectivity index (χ2v) is 5.52. The molecular formula is C17H15N5O3. The minimum absolute atomic E-state index is 0.163. The Morgan fingerprint density at radius 2 is 2.12 bits per heavy atom. The number of nitrogens with one attached hydrogen (secondary N) is 1. The molecule has 0 radical (unpaired) electrons. The van der Waals surface area contributed by atoms with E-state index in [2.05, 4.69) is 20.8 Å². The SMILES string of the molecule is COc1cc2c(cc1NC(=O)CCn1cnnn1)oc1ccccc12. The van der Waals surface area contributed by atoms with Gasteiger partial charge in [0.2, 0.25) is 5.91 Å². The molecule has 1 amide bonds. The van der Waals surface area contributed by atoms with Crippen LogP contribution < -0.4 is 10.1 Å². The van der Waals surface area contributed by atoms with Crippen molar-refractivity contribution in [1.82, 2.24) is 20.2 Å². The summed E-state index contributed by atoms with van der Waals surface area (Å²) in [7, 11) is 1.57. The van der Waals surface area contributed by atoms with Crippen molar-refractivity contribution in [3.63, 3.8) is 0 Å². The average molecular weight is 337 g/mol. The van der Waals surface area contributed by atoms with Gasteiger partial charge < -0.3 is 14.5 Å². The lowest BCUT2D eigenvalue weighted by Gasteiger charge is -2.10. The molecule has 0 bridgehead atoms. The summed E-state index contributed by atoms with van der Waals surface area (Å²) in [5.41, 5.74) is 2.05. The van der Waals surface area contributed by atoms with Crippen molar-refractivity contribution < 1.29 is 13.9 Å². The van der Waals surface area contributed by atoms with Crippen LogP contribution in [0.25, 0.3) is 21.9 Å². The van der Waals surface area contributed by atoms with E-state index in [4.69, 9.17) is 9.15 Å². The number of para-hydroxylation sites is 1. The molecule has 25 heavy (non-hydrogen) atoms. The fourth-order valence-electron chi connectivity index (χ4n) is 2.73. The molecule has 4 aromatic rings. The van der Waals surface area contributed by atoms with E-state index in [1.54, 1.807) is 13.2 Å². The summed E-state index contributed by atoms with van der Waals surface area (Å²) in [6.45, 7) is 0.397. The highest BCUT2D eigenvalue weighted by Crippen LogP contribution is 2.36. The van der Waals surface area contributed by atoms with Gasteiger partial charge in [0.15, 0.2) is 0 Å². The molecule has 0 unspecified atom stereocenters. The third-order valence-electron chi connectivity index (χ3n) is 3.93. The number of aromatic nitrogens is 4. The van der Waals surface area contributed by atoms with E-state index >= 15 is 0 Å². The quantitative estimate of drug-likeness (QED) is 0.601. The van der Waals surface area contributed by atoms with Crippen molar-refractivity contribution in [3.05, 3.63) is 42.7 Å². The number of fused-ring (bicyclic) bond motifs is 3. The number of anilines is 1. The minimum atomic E-state index is -0.163. The highest BCUT2D eigenvalue weighted by molar-refractivity contribution is 6.07. The molecule has 8 heteroatoms. The maximum absolute atomic E-state index is 12.2. The van der Waals surface area contributed by atoms with Crippen molar-refractivity contribution in [1.29, 1.82) is 0 Å². The lowest BCUT2D eigenvalue weighted by molar-refractivity contribution is -0.116. The summed E-state index contributed by atoms with van der Waals surface area (Å²) in [4.78, 5) is 12.2. The first-order valence-electron chi connectivity index (χ1n) is 7.74. The van der Waals surface area contributed by atoms with Crippen LogP contribution in [0.1, 0.15) is 6.42 Å². The lowest BCUT2D eigenvalue weighted by atomic mass is 10.1. The summed E-state index contributed by atoms with van der Waals surface area (Å²) in [6, 6.07) is 11.4. The number of nitrogens with zero attached hydrogens (tertiary/aromatic N) is 4. The van der Waals surface area contributed by atoms with Gasteiger partial charge in [-0.05, 0) is 22.6 Å². The van der Waals surface area contributed by atoms with Gasteiger partial charge in [-0.15, -0.1) is 5.10 Å². The number of hydrogen-bond donors (Lipinski definition) is 1. The molecule has 0 fully saturated rings. The van der Waals surface area contributed by atoms with Gasteiger partial charge in [0, 0.05) is 23.3 Å². The number of hydrogen-bond acceptors (Lipinski definition) is 6. The predicted molar refractivity (Wildman–Crippen MR) is 91.3 cm³/mol. The number of carbonyl (C=O) groups excluding carboxylic acids is 1. The number of amides is 1. The Balaban J connectivity index is 1.61. The Hall–Kier alpha value is -3.42. The summed E-state index contributed by atoms with van der Waals surface area (Å²) >= 11 is 0. The van der Waals surface area contributed by atoms with Gasteiger partial charge in [0.25, 0.3) is 0 Å². The zero-order valence-electron chi connectivity index (χ0n) is 13.5. The van der Waals surface area contributed by atoms with Crippen LogP contribution in [-0.2, 0) is 11.3 Å². The summed E-state index contributed by atoms with van der Waals surface area (Å²) < 4.78 is 12.8. The van der Waals surface area contributed by atoms with Crippen LogP contribution in [0, 0.1) is 0 Å². The molecule has 0 aliphatic carbocycles. The third kappa shape index (κ3) is 2.89. The molecule has 0 aliphatic heterocycles. The molecule has 2 aromatic heterocycles. The van der Waals surface area contributed by atoms with Crippen LogP contribution in [0.3, 0.4) is 0 Å². The van der Waals surface area contributed by atoms with E-state index in [9.17, 15) is 4.79 Å². The number of carbonyl (C=O) groups is 1. The van der Waals surface area contributed by atoms with E-state index in [-0.39, 0.29) is 12.3 Å². The Labute approximate surface area is 142 Å². The third-order valence-corrected chi connectivity index (χ3v) is 3.93. The molecule has 2 heterocycles. The van der Waals surface area contributed by atoms with Gasteiger partial charge in [-0.1, -0.05) is 18.2 Å². The zero-order chi connectivity index (χ0) is 17.2. The first kappa shape index (κ1) is 15.1. The number of ether oxygens (including phenoxy) is 1. The predicted octanol–water partition coefficient (Wildman–Crippen LogP) is 2.61. The summed E-state index contributed by atoms with van der Waals surface area (Å²) in [5.74, 6) is 0.416. The van der Waals surface area contributed by atoms with Crippen molar-refractivity contribution in [2.75, 3.05) is 12.4 Å². The van der Waals surface area contributed by atoms with Gasteiger partial charge in [-0.25, -0.2) is 4.68 Å². The van der Waals surface area contributed by atoms with Crippen LogP contribution in [0.5, 0.6) is 5.75 Å². The van der Waals surface area contributed by atoms with Crippen LogP contribution in [0.2, 0.25) is 0 Å². The maximum Gasteiger partial charge on any atom is 0.226 e. The first-order valence-corrected chi connectivity index (χ1v) is 7.74. The molecule has 0 atom stereocenters. The van der Waals surface area contributed by atoms with Crippen molar-refractivity contribution >= 4 is 33.5 Å². The first-order chi connectivity index (χ1) is 12.2. The van der Waals surface area contributed by atoms with Crippen LogP contribution in [0.15, 0.2) is 47.1 Å². The highest BCUT2D eigenvalue weighted by atomic mass is 16.5. The number of tetrazole rings is 1. The van der Waals surface area contributed by atoms with E-state index in [0.29, 0.717) is 23.6 Å². The molecule has 0 aliphatic rings. The lowest BCUT2D eigenvalue weighted by Crippen LogP contribution is -2.15. The monoisotopic (exact) mass is 337 g/mol. The van der Waals surface area contributed by atoms with E-state index in [0.717, 1.165) is 16.4 Å². The van der Waals surface area contributed by atoms with Crippen molar-refractivity contribution in [3.8, 4) is 5.75 Å². The molecule has 0 saturated carbocycles. The summed E-state index contributed by atoms with van der Waals surface area (Å²) in [5, 5.41) is 15.6. The Kier molecular flexibility index (Phi) is 3.77. The van der Waals surface area contributed by atoms with Gasteiger partial charge in [-0.2, -0.15) is 0 Å². The van der Waals surface area contributed by atoms with E-state index in [1.807, 2.05) is 30.3 Å². The van der Waals surface area contributed by atoms with Crippen molar-refractivity contribution in [2.24, 2.45) is 0 Å². The number of methoxy groups -OCH3 is 1. The Morgan fingerprint density at radius 3 is 2.92 bits per heavy atom. The maximum atomic E-state index is 12.2. The largest absolute Gasteiger partial charge is 0.495 e. The van der Waals surface area contributed by atoms with E-state index < -0.39 is 0 Å². The van der Waals surface area contributed by atoms with Crippen LogP contribution in [-0.4, -0.2) is 33.2 Å². The van der Waals surface area contributed by atoms with Gasteiger partial charge in [0.05, 0.1) is 19.3 Å². The average Bonchev–Trinajstić information content (AvgIpc) is 3.26. The smallest absolute Gasteiger partial charge is 0.226 e. The number of rotatable bonds is 5. The summed E-state index contributed by atoms with van der Waals surface area (Å²) in [6.07, 6.45) is 1.71. The highest BCUT2D eigenvalue weighted by Gasteiger charge is 2.14. The van der Waals surface area contributed by atoms with Crippen LogP contribution in [0.4, 0.5) is 5.69 Å². The molecule has 8 nitrogen and oxygen atoms in total. The second kappa shape index (κ2) is 6.23. The zero-order valence-corrected chi connectivity index (χ0v) is 13.5. The molecule has 0 spiro atoms. The normalized spacial score (nSPS) is 11.1. The van der Waals surface area contributed by atoms with E-state index in [1.165, 1.54) is 11.0 Å². The molecule has 4 rings (SSSR count). The fourth-order valence-corrected chi connectivity index (χ4v) is 2.73.